The van der Waals surface area contributed by atoms with E-state index < -0.39 is 8.80 Å². The highest BCUT2D eigenvalue weighted by Gasteiger charge is 2.36. The fourth-order valence-corrected chi connectivity index (χ4v) is 9.18. The quantitative estimate of drug-likeness (QED) is 0.283. The molecule has 0 bridgehead atoms. The number of benzene rings is 1. The molecule has 0 spiro atoms. The van der Waals surface area contributed by atoms with Gasteiger partial charge < -0.3 is 13.3 Å². The van der Waals surface area contributed by atoms with E-state index >= 15 is 0 Å². The number of unbranched alkanes of at least 4 members (excludes halogenated alkanes) is 1. The van der Waals surface area contributed by atoms with Gasteiger partial charge in [0.2, 0.25) is 0 Å². The maximum absolute atomic E-state index is 5.42. The summed E-state index contributed by atoms with van der Waals surface area (Å²) in [5.41, 5.74) is 1.09. The summed E-state index contributed by atoms with van der Waals surface area (Å²) >= 11 is 1.75. The molecule has 1 aromatic carbocycles. The van der Waals surface area contributed by atoms with Crippen LogP contribution in [0.4, 0.5) is 0 Å². The Morgan fingerprint density at radius 2 is 1.83 bits per heavy atom. The lowest BCUT2D eigenvalue weighted by molar-refractivity contribution is 0.123. The highest BCUT2D eigenvalue weighted by Crippen LogP contribution is 2.43. The lowest BCUT2D eigenvalue weighted by atomic mass is 10.3. The van der Waals surface area contributed by atoms with Gasteiger partial charge in [-0.05, 0) is 45.6 Å². The van der Waals surface area contributed by atoms with Crippen molar-refractivity contribution >= 4 is 61.8 Å². The van der Waals surface area contributed by atoms with E-state index in [1.54, 1.807) is 53.3 Å². The zero-order chi connectivity index (χ0) is 16.5. The average Bonchev–Trinajstić information content (AvgIpc) is 3.01. The van der Waals surface area contributed by atoms with Gasteiger partial charge in [0.25, 0.3) is 0 Å². The average molecular weight is 408 g/mol. The molecule has 0 saturated heterocycles. The van der Waals surface area contributed by atoms with Crippen molar-refractivity contribution in [3.8, 4) is 0 Å². The molecule has 0 N–H and O–H groups in total. The summed E-state index contributed by atoms with van der Waals surface area (Å²) in [6.45, 7) is 0. The number of nitrogens with zero attached hydrogens (tertiary/aromatic N) is 1. The first-order valence-electron chi connectivity index (χ1n) is 7.20. The van der Waals surface area contributed by atoms with E-state index in [2.05, 4.69) is 23.2 Å². The van der Waals surface area contributed by atoms with Gasteiger partial charge in [-0.15, -0.1) is 11.3 Å². The molecule has 4 nitrogen and oxygen atoms in total. The first-order valence-corrected chi connectivity index (χ1v) is 13.6. The summed E-state index contributed by atoms with van der Waals surface area (Å²) in [4.78, 5) is 4.62. The summed E-state index contributed by atoms with van der Waals surface area (Å²) in [6, 6.07) is 9.13. The molecule has 128 valence electrons. The fourth-order valence-electron chi connectivity index (χ4n) is 2.03. The van der Waals surface area contributed by atoms with Gasteiger partial charge in [-0.3, -0.25) is 0 Å². The Morgan fingerprint density at radius 3 is 2.52 bits per heavy atom. The van der Waals surface area contributed by atoms with Crippen molar-refractivity contribution in [2.45, 2.75) is 23.2 Å². The number of fused-ring (bicyclic) bond motifs is 1. The smallest absolute Gasteiger partial charge is 0.377 e. The van der Waals surface area contributed by atoms with Gasteiger partial charge in [-0.2, -0.15) is 0 Å². The predicted molar refractivity (Wildman–Crippen MR) is 106 cm³/mol. The molecule has 0 saturated carbocycles. The molecular formula is C14H21NO3S4Si. The van der Waals surface area contributed by atoms with Crippen molar-refractivity contribution in [2.24, 2.45) is 0 Å². The molecule has 0 aliphatic carbocycles. The van der Waals surface area contributed by atoms with Gasteiger partial charge >= 0.3 is 8.80 Å². The summed E-state index contributed by atoms with van der Waals surface area (Å²) < 4.78 is 18.6. The molecule has 0 unspecified atom stereocenters. The Kier molecular flexibility index (Phi) is 8.76. The maximum Gasteiger partial charge on any atom is 0.500 e. The SMILES string of the molecule is CO[Si](CCCCSSSc1nc2ccccc2s1)(OC)OC. The van der Waals surface area contributed by atoms with Gasteiger partial charge in [0.15, 0.2) is 4.34 Å². The summed E-state index contributed by atoms with van der Waals surface area (Å²) in [5.74, 6) is 1.10. The van der Waals surface area contributed by atoms with Crippen molar-refractivity contribution in [2.75, 3.05) is 27.1 Å². The van der Waals surface area contributed by atoms with Crippen LogP contribution < -0.4 is 0 Å². The Bertz CT molecular complexity index is 553. The predicted octanol–water partition coefficient (Wildman–Crippen LogP) is 5.34. The number of thiazole rings is 1. The molecule has 9 heteroatoms. The molecular weight excluding hydrogens is 387 g/mol. The van der Waals surface area contributed by atoms with Crippen molar-refractivity contribution in [1.82, 2.24) is 4.98 Å². The first-order chi connectivity index (χ1) is 11.2. The van der Waals surface area contributed by atoms with Gasteiger partial charge in [-0.25, -0.2) is 4.98 Å². The van der Waals surface area contributed by atoms with E-state index in [0.717, 1.165) is 34.5 Å². The second-order valence-corrected chi connectivity index (χ2v) is 13.2. The van der Waals surface area contributed by atoms with Crippen molar-refractivity contribution in [1.29, 1.82) is 0 Å². The van der Waals surface area contributed by atoms with E-state index in [4.69, 9.17) is 13.3 Å². The third kappa shape index (κ3) is 5.93. The molecule has 0 amide bonds. The van der Waals surface area contributed by atoms with Crippen LogP contribution in [0.15, 0.2) is 28.6 Å². The van der Waals surface area contributed by atoms with Crippen LogP contribution in [0.2, 0.25) is 6.04 Å². The van der Waals surface area contributed by atoms with Crippen LogP contribution in [0.5, 0.6) is 0 Å². The normalized spacial score (nSPS) is 12.1. The van der Waals surface area contributed by atoms with Gasteiger partial charge in [-0.1, -0.05) is 22.9 Å². The minimum Gasteiger partial charge on any atom is -0.377 e. The van der Waals surface area contributed by atoms with E-state index in [-0.39, 0.29) is 0 Å². The molecule has 2 aromatic rings. The van der Waals surface area contributed by atoms with Crippen molar-refractivity contribution in [3.63, 3.8) is 0 Å². The van der Waals surface area contributed by atoms with Crippen LogP contribution in [0.25, 0.3) is 10.2 Å². The molecule has 1 heterocycles. The number of aromatic nitrogens is 1. The third-order valence-corrected chi connectivity index (χ3v) is 11.6. The van der Waals surface area contributed by atoms with Crippen LogP contribution in [0, 0.1) is 0 Å². The Hall–Kier alpha value is 0.257. The molecule has 2 rings (SSSR count). The summed E-state index contributed by atoms with van der Waals surface area (Å²) in [5, 5.41) is 0. The molecule has 0 fully saturated rings. The van der Waals surface area contributed by atoms with Crippen LogP contribution in [-0.4, -0.2) is 40.9 Å². The van der Waals surface area contributed by atoms with Gasteiger partial charge in [0, 0.05) is 33.1 Å². The van der Waals surface area contributed by atoms with E-state index in [1.165, 1.54) is 4.70 Å². The van der Waals surface area contributed by atoms with Crippen LogP contribution in [0.1, 0.15) is 12.8 Å². The number of rotatable bonds is 11. The second kappa shape index (κ2) is 10.3. The second-order valence-electron chi connectivity index (χ2n) is 4.67. The topological polar surface area (TPSA) is 40.6 Å². The highest BCUT2D eigenvalue weighted by atomic mass is 33.5. The Morgan fingerprint density at radius 1 is 1.09 bits per heavy atom. The number of hydrogen-bond acceptors (Lipinski definition) is 8. The van der Waals surface area contributed by atoms with E-state index in [0.29, 0.717) is 0 Å². The Balaban J connectivity index is 1.61. The zero-order valence-corrected chi connectivity index (χ0v) is 17.7. The zero-order valence-electron chi connectivity index (χ0n) is 13.4. The number of para-hydroxylation sites is 1. The minimum atomic E-state index is -2.39. The van der Waals surface area contributed by atoms with E-state index in [1.807, 2.05) is 16.9 Å². The molecule has 1 aromatic heterocycles. The van der Waals surface area contributed by atoms with Gasteiger partial charge in [0.1, 0.15) is 0 Å². The Labute approximate surface area is 154 Å². The standard InChI is InChI=1S/C14H21NO3S4Si/c1-16-23(17-2,18-3)11-7-6-10-19-22-21-14-15-12-8-4-5-9-13(12)20-14/h4-5,8-9H,6-7,10-11H2,1-3H3. The minimum absolute atomic E-state index is 0.868. The molecule has 0 aliphatic heterocycles. The fraction of sp³-hybridized carbons (Fsp3) is 0.500. The maximum atomic E-state index is 5.42. The van der Waals surface area contributed by atoms with Crippen LogP contribution in [-0.2, 0) is 13.3 Å². The van der Waals surface area contributed by atoms with Crippen LogP contribution in [0.3, 0.4) is 0 Å². The first kappa shape index (κ1) is 19.6. The monoisotopic (exact) mass is 407 g/mol. The van der Waals surface area contributed by atoms with Crippen molar-refractivity contribution in [3.05, 3.63) is 24.3 Å². The van der Waals surface area contributed by atoms with Gasteiger partial charge in [0.05, 0.1) is 10.2 Å². The molecule has 0 atom stereocenters. The van der Waals surface area contributed by atoms with Crippen LogP contribution >= 0.6 is 42.8 Å². The molecule has 0 aliphatic rings. The van der Waals surface area contributed by atoms with E-state index in [9.17, 15) is 0 Å². The highest BCUT2D eigenvalue weighted by molar-refractivity contribution is 9.09. The lowest BCUT2D eigenvalue weighted by Crippen LogP contribution is -2.42. The summed E-state index contributed by atoms with van der Waals surface area (Å²) in [7, 11) is 8.02. The largest absolute Gasteiger partial charge is 0.500 e. The summed E-state index contributed by atoms with van der Waals surface area (Å²) in [6.07, 6.45) is 2.18. The third-order valence-electron chi connectivity index (χ3n) is 3.32. The lowest BCUT2D eigenvalue weighted by Gasteiger charge is -2.24. The number of hydrogen-bond donors (Lipinski definition) is 0. The molecule has 0 radical (unpaired) electrons. The van der Waals surface area contributed by atoms with Crippen molar-refractivity contribution < 1.29 is 13.3 Å². The molecule has 23 heavy (non-hydrogen) atoms.